The summed E-state index contributed by atoms with van der Waals surface area (Å²) in [6, 6.07) is 13.7. The van der Waals surface area contributed by atoms with Gasteiger partial charge in [0, 0.05) is 36.7 Å². The Morgan fingerprint density at radius 3 is 2.71 bits per heavy atom. The van der Waals surface area contributed by atoms with Crippen LogP contribution in [0.5, 0.6) is 0 Å². The van der Waals surface area contributed by atoms with Crippen molar-refractivity contribution in [1.29, 1.82) is 0 Å². The Bertz CT molecular complexity index is 1170. The number of halogens is 3. The van der Waals surface area contributed by atoms with Gasteiger partial charge in [0.25, 0.3) is 0 Å². The Balaban J connectivity index is 1.73. The van der Waals surface area contributed by atoms with Gasteiger partial charge in [-0.3, -0.25) is 9.78 Å². The number of hydrogen-bond donors (Lipinski definition) is 1. The Hall–Kier alpha value is -3.40. The number of esters is 1. The zero-order valence-electron chi connectivity index (χ0n) is 18.3. The van der Waals surface area contributed by atoms with Gasteiger partial charge in [-0.2, -0.15) is 13.2 Å². The van der Waals surface area contributed by atoms with Crippen LogP contribution in [0.2, 0.25) is 0 Å². The summed E-state index contributed by atoms with van der Waals surface area (Å²) in [4.78, 5) is 18.1. The second-order valence-electron chi connectivity index (χ2n) is 7.85. The minimum atomic E-state index is -4.45. The van der Waals surface area contributed by atoms with Crippen LogP contribution in [0.4, 0.5) is 13.2 Å². The molecule has 6 nitrogen and oxygen atoms in total. The normalized spacial score (nSPS) is 18.1. The number of nitrogens with zero attached hydrogens (tertiary/aromatic N) is 3. The molecule has 1 fully saturated rings. The molecule has 2 aromatic heterocycles. The maximum absolute atomic E-state index is 13.4. The molecule has 0 unspecified atom stereocenters. The highest BCUT2D eigenvalue weighted by Gasteiger charge is 2.41. The second kappa shape index (κ2) is 9.84. The summed E-state index contributed by atoms with van der Waals surface area (Å²) in [6.45, 7) is 0.461. The minimum Gasteiger partial charge on any atom is -0.469 e. The fourth-order valence-corrected chi connectivity index (χ4v) is 4.50. The molecular formula is C24H23F3N4O2S. The lowest BCUT2D eigenvalue weighted by Crippen LogP contribution is -2.31. The van der Waals surface area contributed by atoms with Crippen LogP contribution >= 0.6 is 12.2 Å². The van der Waals surface area contributed by atoms with Crippen molar-refractivity contribution in [2.24, 2.45) is 0 Å². The quantitative estimate of drug-likeness (QED) is 0.380. The van der Waals surface area contributed by atoms with E-state index in [1.54, 1.807) is 29.1 Å². The molecule has 34 heavy (non-hydrogen) atoms. The number of ether oxygens (including phenoxy) is 1. The topological polar surface area (TPSA) is 59.4 Å². The van der Waals surface area contributed by atoms with Gasteiger partial charge >= 0.3 is 12.1 Å². The van der Waals surface area contributed by atoms with E-state index in [4.69, 9.17) is 17.0 Å². The van der Waals surface area contributed by atoms with Gasteiger partial charge in [-0.1, -0.05) is 12.1 Å². The van der Waals surface area contributed by atoms with E-state index in [0.29, 0.717) is 23.8 Å². The van der Waals surface area contributed by atoms with E-state index in [2.05, 4.69) is 10.3 Å². The van der Waals surface area contributed by atoms with Gasteiger partial charge in [-0.05, 0) is 61.1 Å². The minimum absolute atomic E-state index is 0.227. The van der Waals surface area contributed by atoms with Crippen LogP contribution in [0.1, 0.15) is 41.9 Å². The smallest absolute Gasteiger partial charge is 0.416 e. The van der Waals surface area contributed by atoms with E-state index in [0.717, 1.165) is 23.5 Å². The number of carbonyl (C=O) groups excluding carboxylic acids is 1. The number of aromatic nitrogens is 2. The van der Waals surface area contributed by atoms with Crippen LogP contribution in [0.25, 0.3) is 5.69 Å². The number of carbonyl (C=O) groups is 1. The third-order valence-corrected chi connectivity index (χ3v) is 6.09. The zero-order chi connectivity index (χ0) is 24.3. The Labute approximate surface area is 200 Å². The van der Waals surface area contributed by atoms with Gasteiger partial charge in [0.1, 0.15) is 0 Å². The summed E-state index contributed by atoms with van der Waals surface area (Å²) >= 11 is 5.62. The molecule has 0 radical (unpaired) electrons. The predicted octanol–water partition coefficient (Wildman–Crippen LogP) is 4.82. The lowest BCUT2D eigenvalue weighted by atomic mass is 10.0. The average molecular weight is 489 g/mol. The van der Waals surface area contributed by atoms with E-state index in [1.807, 2.05) is 29.2 Å². The molecule has 10 heteroatoms. The number of pyridine rings is 1. The standard InChI is InChI=1S/C24H23F3N4O2S/c1-33-20(32)11-6-14-31-22(21(29-23(31)34)18-9-2-3-12-28-18)19-10-5-13-30(19)17-8-4-7-16(15-17)24(25,26)27/h2-5,7-10,12-13,15,21-22H,6,11,14H2,1H3,(H,29,34)/t21-,22+/m1/s1. The van der Waals surface area contributed by atoms with E-state index in [1.165, 1.54) is 13.2 Å². The predicted molar refractivity (Wildman–Crippen MR) is 124 cm³/mol. The maximum Gasteiger partial charge on any atom is 0.416 e. The Kier molecular flexibility index (Phi) is 6.87. The van der Waals surface area contributed by atoms with Crippen LogP contribution in [-0.4, -0.2) is 39.2 Å². The van der Waals surface area contributed by atoms with E-state index in [-0.39, 0.29) is 24.5 Å². The monoisotopic (exact) mass is 488 g/mol. The van der Waals surface area contributed by atoms with Crippen LogP contribution in [0.3, 0.4) is 0 Å². The van der Waals surface area contributed by atoms with Crippen molar-refractivity contribution in [2.45, 2.75) is 31.1 Å². The molecule has 0 spiro atoms. The molecule has 1 aromatic carbocycles. The van der Waals surface area contributed by atoms with Crippen molar-refractivity contribution in [1.82, 2.24) is 19.8 Å². The summed E-state index contributed by atoms with van der Waals surface area (Å²) in [5.41, 5.74) is 1.17. The first-order chi connectivity index (χ1) is 16.3. The molecule has 1 saturated heterocycles. The zero-order valence-corrected chi connectivity index (χ0v) is 19.1. The Morgan fingerprint density at radius 1 is 1.18 bits per heavy atom. The van der Waals surface area contributed by atoms with Gasteiger partial charge in [-0.25, -0.2) is 0 Å². The number of rotatable bonds is 7. The summed E-state index contributed by atoms with van der Waals surface area (Å²) in [6.07, 6.45) is -0.303. The van der Waals surface area contributed by atoms with Crippen LogP contribution in [0.15, 0.2) is 67.0 Å². The third-order valence-electron chi connectivity index (χ3n) is 5.74. The molecule has 1 N–H and O–H groups in total. The molecule has 0 bridgehead atoms. The van der Waals surface area contributed by atoms with Crippen LogP contribution < -0.4 is 5.32 Å². The van der Waals surface area contributed by atoms with Crippen molar-refractivity contribution in [2.75, 3.05) is 13.7 Å². The highest BCUT2D eigenvalue weighted by atomic mass is 32.1. The lowest BCUT2D eigenvalue weighted by Gasteiger charge is -2.29. The average Bonchev–Trinajstić information content (AvgIpc) is 3.43. The summed E-state index contributed by atoms with van der Waals surface area (Å²) in [5, 5.41) is 3.80. The molecular weight excluding hydrogens is 465 g/mol. The molecule has 0 aliphatic carbocycles. The van der Waals surface area contributed by atoms with Gasteiger partial charge in [-0.15, -0.1) is 0 Å². The van der Waals surface area contributed by atoms with Crippen molar-refractivity contribution in [3.63, 3.8) is 0 Å². The van der Waals surface area contributed by atoms with Gasteiger partial charge < -0.3 is 19.5 Å². The number of thiocarbonyl (C=S) groups is 1. The van der Waals surface area contributed by atoms with Gasteiger partial charge in [0.15, 0.2) is 5.11 Å². The van der Waals surface area contributed by atoms with E-state index in [9.17, 15) is 18.0 Å². The van der Waals surface area contributed by atoms with E-state index >= 15 is 0 Å². The maximum atomic E-state index is 13.4. The summed E-state index contributed by atoms with van der Waals surface area (Å²) in [5.74, 6) is -0.316. The first-order valence-electron chi connectivity index (χ1n) is 10.7. The lowest BCUT2D eigenvalue weighted by molar-refractivity contribution is -0.141. The number of nitrogens with one attached hydrogen (secondary N) is 1. The Morgan fingerprint density at radius 2 is 2.00 bits per heavy atom. The SMILES string of the molecule is COC(=O)CCCN1C(=S)N[C@H](c2ccccn2)[C@@H]1c1cccn1-c1cccc(C(F)(F)F)c1. The molecule has 178 valence electrons. The molecule has 0 amide bonds. The molecule has 4 rings (SSSR count). The van der Waals surface area contributed by atoms with E-state index < -0.39 is 11.7 Å². The summed E-state index contributed by atoms with van der Waals surface area (Å²) in [7, 11) is 1.34. The number of alkyl halides is 3. The molecule has 1 aliphatic heterocycles. The van der Waals surface area contributed by atoms with Crippen molar-refractivity contribution < 1.29 is 22.7 Å². The number of benzene rings is 1. The molecule has 3 aromatic rings. The van der Waals surface area contributed by atoms with Crippen molar-refractivity contribution in [3.05, 3.63) is 83.9 Å². The number of methoxy groups -OCH3 is 1. The van der Waals surface area contributed by atoms with Gasteiger partial charge in [0.2, 0.25) is 0 Å². The summed E-state index contributed by atoms with van der Waals surface area (Å²) < 4.78 is 46.5. The van der Waals surface area contributed by atoms with Gasteiger partial charge in [0.05, 0.1) is 30.5 Å². The first-order valence-corrected chi connectivity index (χ1v) is 11.1. The number of hydrogen-bond acceptors (Lipinski definition) is 4. The van der Waals surface area contributed by atoms with Crippen LogP contribution in [-0.2, 0) is 15.7 Å². The molecule has 3 heterocycles. The van der Waals surface area contributed by atoms with Crippen molar-refractivity contribution in [3.8, 4) is 5.69 Å². The highest BCUT2D eigenvalue weighted by Crippen LogP contribution is 2.40. The third kappa shape index (κ3) is 4.91. The fraction of sp³-hybridized carbons (Fsp3) is 0.292. The highest BCUT2D eigenvalue weighted by molar-refractivity contribution is 7.80. The van der Waals surface area contributed by atoms with Crippen LogP contribution in [0, 0.1) is 0 Å². The first kappa shape index (κ1) is 23.7. The second-order valence-corrected chi connectivity index (χ2v) is 8.24. The largest absolute Gasteiger partial charge is 0.469 e. The molecule has 1 aliphatic rings. The van der Waals surface area contributed by atoms with Crippen molar-refractivity contribution >= 4 is 23.3 Å². The molecule has 0 saturated carbocycles. The fourth-order valence-electron chi connectivity index (χ4n) is 4.17. The molecule has 2 atom stereocenters.